The van der Waals surface area contributed by atoms with Crippen molar-refractivity contribution in [1.29, 1.82) is 0 Å². The zero-order valence-corrected chi connectivity index (χ0v) is 11.4. The SMILES string of the molecule is CC(=O)N1CCc2c(cnn2-c2ccccc2Cl)C1. The maximum absolute atomic E-state index is 11.4. The molecule has 0 unspecified atom stereocenters. The Hall–Kier alpha value is -1.81. The van der Waals surface area contributed by atoms with E-state index in [9.17, 15) is 4.79 Å². The van der Waals surface area contributed by atoms with E-state index in [1.54, 1.807) is 6.92 Å². The van der Waals surface area contributed by atoms with Gasteiger partial charge in [0.2, 0.25) is 5.91 Å². The lowest BCUT2D eigenvalue weighted by Gasteiger charge is -2.26. The van der Waals surface area contributed by atoms with Crippen molar-refractivity contribution in [2.45, 2.75) is 19.9 Å². The number of para-hydroxylation sites is 1. The van der Waals surface area contributed by atoms with Gasteiger partial charge in [0.25, 0.3) is 0 Å². The van der Waals surface area contributed by atoms with Crippen molar-refractivity contribution in [3.63, 3.8) is 0 Å². The summed E-state index contributed by atoms with van der Waals surface area (Å²) in [4.78, 5) is 13.3. The normalized spacial score (nSPS) is 14.3. The highest BCUT2D eigenvalue weighted by Gasteiger charge is 2.22. The van der Waals surface area contributed by atoms with Crippen LogP contribution in [0, 0.1) is 0 Å². The molecule has 98 valence electrons. The third kappa shape index (κ3) is 2.12. The summed E-state index contributed by atoms with van der Waals surface area (Å²) < 4.78 is 1.88. The van der Waals surface area contributed by atoms with E-state index in [4.69, 9.17) is 11.6 Å². The Bertz CT molecular complexity index is 635. The molecule has 0 aliphatic carbocycles. The highest BCUT2D eigenvalue weighted by atomic mass is 35.5. The lowest BCUT2D eigenvalue weighted by Crippen LogP contribution is -2.34. The number of nitrogens with zero attached hydrogens (tertiary/aromatic N) is 3. The maximum Gasteiger partial charge on any atom is 0.219 e. The average molecular weight is 276 g/mol. The molecule has 1 aromatic heterocycles. The number of rotatable bonds is 1. The molecule has 3 rings (SSSR count). The van der Waals surface area contributed by atoms with Crippen molar-refractivity contribution in [2.75, 3.05) is 6.54 Å². The molecule has 0 atom stereocenters. The van der Waals surface area contributed by atoms with Crippen LogP contribution in [0.25, 0.3) is 5.69 Å². The first-order chi connectivity index (χ1) is 9.16. The topological polar surface area (TPSA) is 38.1 Å². The number of aromatic nitrogens is 2. The van der Waals surface area contributed by atoms with Crippen molar-refractivity contribution in [3.05, 3.63) is 46.7 Å². The zero-order chi connectivity index (χ0) is 13.4. The van der Waals surface area contributed by atoms with E-state index in [2.05, 4.69) is 5.10 Å². The summed E-state index contributed by atoms with van der Waals surface area (Å²) in [7, 11) is 0. The van der Waals surface area contributed by atoms with Crippen LogP contribution in [0.2, 0.25) is 5.02 Å². The first-order valence-corrected chi connectivity index (χ1v) is 6.61. The molecule has 0 radical (unpaired) electrons. The van der Waals surface area contributed by atoms with Crippen molar-refractivity contribution in [2.24, 2.45) is 0 Å². The summed E-state index contributed by atoms with van der Waals surface area (Å²) >= 11 is 6.21. The summed E-state index contributed by atoms with van der Waals surface area (Å²) in [5.41, 5.74) is 3.13. The number of hydrogen-bond donors (Lipinski definition) is 0. The maximum atomic E-state index is 11.4. The fourth-order valence-electron chi connectivity index (χ4n) is 2.43. The molecule has 1 aliphatic rings. The van der Waals surface area contributed by atoms with Crippen LogP contribution in [0.3, 0.4) is 0 Å². The second-order valence-corrected chi connectivity index (χ2v) is 5.08. The molecular formula is C14H14ClN3O. The molecular weight excluding hydrogens is 262 g/mol. The quantitative estimate of drug-likeness (QED) is 0.802. The Morgan fingerprint density at radius 2 is 2.16 bits per heavy atom. The summed E-state index contributed by atoms with van der Waals surface area (Å²) in [6, 6.07) is 7.65. The van der Waals surface area contributed by atoms with Crippen molar-refractivity contribution in [1.82, 2.24) is 14.7 Å². The van der Waals surface area contributed by atoms with Crippen LogP contribution in [0.15, 0.2) is 30.5 Å². The lowest BCUT2D eigenvalue weighted by atomic mass is 10.1. The van der Waals surface area contributed by atoms with Crippen LogP contribution in [-0.4, -0.2) is 27.1 Å². The van der Waals surface area contributed by atoms with E-state index in [0.717, 1.165) is 29.9 Å². The molecule has 0 spiro atoms. The molecule has 0 bridgehead atoms. The Morgan fingerprint density at radius 3 is 2.89 bits per heavy atom. The molecule has 0 saturated carbocycles. The highest BCUT2D eigenvalue weighted by Crippen LogP contribution is 2.25. The van der Waals surface area contributed by atoms with Gasteiger partial charge in [-0.05, 0) is 12.1 Å². The standard InChI is InChI=1S/C14H14ClN3O/c1-10(19)17-7-6-13-11(9-17)8-16-18(13)14-5-3-2-4-12(14)15/h2-5,8H,6-7,9H2,1H3. The molecule has 2 heterocycles. The van der Waals surface area contributed by atoms with Gasteiger partial charge in [0.15, 0.2) is 0 Å². The molecule has 0 saturated heterocycles. The van der Waals surface area contributed by atoms with Crippen LogP contribution in [-0.2, 0) is 17.8 Å². The van der Waals surface area contributed by atoms with E-state index < -0.39 is 0 Å². The van der Waals surface area contributed by atoms with E-state index in [1.807, 2.05) is 40.0 Å². The molecule has 1 aromatic carbocycles. The van der Waals surface area contributed by atoms with Crippen molar-refractivity contribution in [3.8, 4) is 5.69 Å². The Balaban J connectivity index is 2.00. The third-order valence-electron chi connectivity index (χ3n) is 3.46. The third-order valence-corrected chi connectivity index (χ3v) is 3.78. The van der Waals surface area contributed by atoms with Gasteiger partial charge in [-0.2, -0.15) is 5.10 Å². The minimum absolute atomic E-state index is 0.108. The molecule has 5 heteroatoms. The smallest absolute Gasteiger partial charge is 0.219 e. The van der Waals surface area contributed by atoms with Gasteiger partial charge in [0, 0.05) is 32.0 Å². The van der Waals surface area contributed by atoms with Gasteiger partial charge in [-0.25, -0.2) is 4.68 Å². The predicted molar refractivity (Wildman–Crippen MR) is 73.4 cm³/mol. The lowest BCUT2D eigenvalue weighted by molar-refractivity contribution is -0.129. The summed E-state index contributed by atoms with van der Waals surface area (Å²) in [6.45, 7) is 2.97. The minimum atomic E-state index is 0.108. The van der Waals surface area contributed by atoms with Crippen LogP contribution < -0.4 is 0 Å². The first-order valence-electron chi connectivity index (χ1n) is 6.23. The highest BCUT2D eigenvalue weighted by molar-refractivity contribution is 6.32. The van der Waals surface area contributed by atoms with E-state index >= 15 is 0 Å². The second kappa shape index (κ2) is 4.70. The number of hydrogen-bond acceptors (Lipinski definition) is 2. The molecule has 0 fully saturated rings. The fourth-order valence-corrected chi connectivity index (χ4v) is 2.65. The zero-order valence-electron chi connectivity index (χ0n) is 10.6. The Labute approximate surface area is 116 Å². The van der Waals surface area contributed by atoms with Crippen molar-refractivity contribution >= 4 is 17.5 Å². The van der Waals surface area contributed by atoms with Crippen molar-refractivity contribution < 1.29 is 4.79 Å². The van der Waals surface area contributed by atoms with Gasteiger partial charge in [0.1, 0.15) is 0 Å². The van der Waals surface area contributed by atoms with E-state index in [0.29, 0.717) is 11.6 Å². The predicted octanol–water partition coefficient (Wildman–Crippen LogP) is 2.43. The summed E-state index contributed by atoms with van der Waals surface area (Å²) in [5, 5.41) is 5.10. The van der Waals surface area contributed by atoms with E-state index in [-0.39, 0.29) is 5.91 Å². The van der Waals surface area contributed by atoms with Gasteiger partial charge >= 0.3 is 0 Å². The number of carbonyl (C=O) groups is 1. The number of amides is 1. The minimum Gasteiger partial charge on any atom is -0.338 e. The summed E-state index contributed by atoms with van der Waals surface area (Å²) in [6.07, 6.45) is 2.63. The molecule has 19 heavy (non-hydrogen) atoms. The Morgan fingerprint density at radius 1 is 1.37 bits per heavy atom. The van der Waals surface area contributed by atoms with E-state index in [1.165, 1.54) is 0 Å². The number of carbonyl (C=O) groups excluding carboxylic acids is 1. The number of fused-ring (bicyclic) bond motifs is 1. The van der Waals surface area contributed by atoms with Crippen LogP contribution in [0.1, 0.15) is 18.2 Å². The van der Waals surface area contributed by atoms with Gasteiger partial charge < -0.3 is 4.90 Å². The molecule has 1 aliphatic heterocycles. The number of benzene rings is 1. The summed E-state index contributed by atoms with van der Waals surface area (Å²) in [5.74, 6) is 0.108. The van der Waals surface area contributed by atoms with Crippen LogP contribution in [0.5, 0.6) is 0 Å². The second-order valence-electron chi connectivity index (χ2n) is 4.67. The Kier molecular flexibility index (Phi) is 3.03. The monoisotopic (exact) mass is 275 g/mol. The molecule has 4 nitrogen and oxygen atoms in total. The van der Waals surface area contributed by atoms with Gasteiger partial charge in [0.05, 0.1) is 22.6 Å². The van der Waals surface area contributed by atoms with Gasteiger partial charge in [-0.1, -0.05) is 23.7 Å². The van der Waals surface area contributed by atoms with Gasteiger partial charge in [-0.3, -0.25) is 4.79 Å². The van der Waals surface area contributed by atoms with Crippen LogP contribution in [0.4, 0.5) is 0 Å². The first kappa shape index (κ1) is 12.2. The van der Waals surface area contributed by atoms with Crippen LogP contribution >= 0.6 is 11.6 Å². The molecule has 2 aromatic rings. The number of halogens is 1. The fraction of sp³-hybridized carbons (Fsp3) is 0.286. The van der Waals surface area contributed by atoms with Gasteiger partial charge in [-0.15, -0.1) is 0 Å². The average Bonchev–Trinajstić information content (AvgIpc) is 2.82. The largest absolute Gasteiger partial charge is 0.338 e. The molecule has 1 amide bonds. The molecule has 0 N–H and O–H groups in total.